The lowest BCUT2D eigenvalue weighted by molar-refractivity contribution is 0.598. The molecule has 0 radical (unpaired) electrons. The third-order valence-corrected chi connectivity index (χ3v) is 2.82. The highest BCUT2D eigenvalue weighted by Crippen LogP contribution is 2.08. The highest BCUT2D eigenvalue weighted by molar-refractivity contribution is 5.28. The van der Waals surface area contributed by atoms with Crippen LogP contribution in [0.25, 0.3) is 0 Å². The van der Waals surface area contributed by atoms with Gasteiger partial charge in [-0.3, -0.25) is 0 Å². The molecule has 90 valence electrons. The zero-order chi connectivity index (χ0) is 11.8. The molecule has 0 atom stereocenters. The van der Waals surface area contributed by atoms with Crippen molar-refractivity contribution in [3.8, 4) is 0 Å². The van der Waals surface area contributed by atoms with Gasteiger partial charge in [-0.05, 0) is 32.4 Å². The van der Waals surface area contributed by atoms with Crippen LogP contribution in [0.4, 0.5) is 0 Å². The van der Waals surface area contributed by atoms with Crippen LogP contribution in [0.15, 0.2) is 18.2 Å². The van der Waals surface area contributed by atoms with Crippen LogP contribution in [0.2, 0.25) is 0 Å². The molecule has 1 N–H and O–H groups in total. The maximum Gasteiger partial charge on any atom is 0.0205 e. The summed E-state index contributed by atoms with van der Waals surface area (Å²) in [6, 6.07) is 6.77. The summed E-state index contributed by atoms with van der Waals surface area (Å²) in [6.07, 6.45) is 5.34. The zero-order valence-electron chi connectivity index (χ0n) is 11.0. The van der Waals surface area contributed by atoms with Gasteiger partial charge in [0.1, 0.15) is 0 Å². The SMILES string of the molecule is CCCCCCNCc1cc(C)cc(C)c1. The predicted octanol–water partition coefficient (Wildman–Crippen LogP) is 3.97. The van der Waals surface area contributed by atoms with Crippen LogP contribution in [0.1, 0.15) is 49.3 Å². The van der Waals surface area contributed by atoms with E-state index < -0.39 is 0 Å². The molecular weight excluding hydrogens is 194 g/mol. The average molecular weight is 219 g/mol. The predicted molar refractivity (Wildman–Crippen MR) is 71.8 cm³/mol. The van der Waals surface area contributed by atoms with E-state index in [2.05, 4.69) is 44.3 Å². The molecule has 0 aliphatic rings. The van der Waals surface area contributed by atoms with Gasteiger partial charge in [-0.15, -0.1) is 0 Å². The third-order valence-electron chi connectivity index (χ3n) is 2.82. The van der Waals surface area contributed by atoms with Crippen molar-refractivity contribution in [2.45, 2.75) is 53.0 Å². The topological polar surface area (TPSA) is 12.0 Å². The van der Waals surface area contributed by atoms with Crippen LogP contribution >= 0.6 is 0 Å². The Morgan fingerprint density at radius 2 is 1.62 bits per heavy atom. The molecule has 0 aromatic heterocycles. The Morgan fingerprint density at radius 3 is 2.25 bits per heavy atom. The van der Waals surface area contributed by atoms with Crippen molar-refractivity contribution in [2.24, 2.45) is 0 Å². The number of nitrogens with one attached hydrogen (secondary N) is 1. The maximum atomic E-state index is 3.52. The summed E-state index contributed by atoms with van der Waals surface area (Å²) < 4.78 is 0. The number of benzene rings is 1. The standard InChI is InChI=1S/C15H25N/c1-4-5-6-7-8-16-12-15-10-13(2)9-14(3)11-15/h9-11,16H,4-8,12H2,1-3H3. The molecule has 0 unspecified atom stereocenters. The lowest BCUT2D eigenvalue weighted by atomic mass is 10.1. The third kappa shape index (κ3) is 5.32. The molecule has 0 saturated heterocycles. The fraction of sp³-hybridized carbons (Fsp3) is 0.600. The Bertz CT molecular complexity index is 284. The summed E-state index contributed by atoms with van der Waals surface area (Å²) >= 11 is 0. The number of aryl methyl sites for hydroxylation is 2. The van der Waals surface area contributed by atoms with E-state index in [0.29, 0.717) is 0 Å². The van der Waals surface area contributed by atoms with Crippen LogP contribution in [0, 0.1) is 13.8 Å². The van der Waals surface area contributed by atoms with Crippen molar-refractivity contribution in [3.05, 3.63) is 34.9 Å². The summed E-state index contributed by atoms with van der Waals surface area (Å²) in [6.45, 7) is 8.74. The number of hydrogen-bond acceptors (Lipinski definition) is 1. The Labute approximate surface area is 100 Å². The molecule has 0 bridgehead atoms. The molecule has 0 saturated carbocycles. The van der Waals surface area contributed by atoms with E-state index in [1.807, 2.05) is 0 Å². The number of unbranched alkanes of at least 4 members (excludes halogenated alkanes) is 3. The van der Waals surface area contributed by atoms with Gasteiger partial charge < -0.3 is 5.32 Å². The minimum Gasteiger partial charge on any atom is -0.313 e. The molecule has 16 heavy (non-hydrogen) atoms. The highest BCUT2D eigenvalue weighted by atomic mass is 14.8. The molecule has 1 nitrogen and oxygen atoms in total. The smallest absolute Gasteiger partial charge is 0.0205 e. The second kappa shape index (κ2) is 7.45. The zero-order valence-corrected chi connectivity index (χ0v) is 11.0. The summed E-state index contributed by atoms with van der Waals surface area (Å²) in [5.74, 6) is 0. The van der Waals surface area contributed by atoms with Crippen LogP contribution < -0.4 is 5.32 Å². The molecule has 0 amide bonds. The summed E-state index contributed by atoms with van der Waals surface area (Å²) in [4.78, 5) is 0. The Morgan fingerprint density at radius 1 is 0.938 bits per heavy atom. The van der Waals surface area contributed by atoms with Crippen molar-refractivity contribution in [3.63, 3.8) is 0 Å². The average Bonchev–Trinajstić information content (AvgIpc) is 2.22. The molecule has 1 aromatic rings. The quantitative estimate of drug-likeness (QED) is 0.684. The van der Waals surface area contributed by atoms with Crippen molar-refractivity contribution < 1.29 is 0 Å². The molecular formula is C15H25N. The van der Waals surface area contributed by atoms with Gasteiger partial charge in [0.15, 0.2) is 0 Å². The van der Waals surface area contributed by atoms with Crippen LogP contribution in [0.5, 0.6) is 0 Å². The maximum absolute atomic E-state index is 3.52. The Balaban J connectivity index is 2.21. The second-order valence-corrected chi connectivity index (χ2v) is 4.73. The minimum atomic E-state index is 1.01. The van der Waals surface area contributed by atoms with Crippen LogP contribution in [-0.2, 0) is 6.54 Å². The fourth-order valence-corrected chi connectivity index (χ4v) is 2.08. The first-order valence-electron chi connectivity index (χ1n) is 6.50. The first-order chi connectivity index (χ1) is 7.72. The van der Waals surface area contributed by atoms with Gasteiger partial charge in [0, 0.05) is 6.54 Å². The first-order valence-corrected chi connectivity index (χ1v) is 6.50. The molecule has 0 aliphatic heterocycles. The van der Waals surface area contributed by atoms with Crippen molar-refractivity contribution in [1.82, 2.24) is 5.32 Å². The number of rotatable bonds is 7. The van der Waals surface area contributed by atoms with Gasteiger partial charge in [0.05, 0.1) is 0 Å². The van der Waals surface area contributed by atoms with Gasteiger partial charge in [-0.2, -0.15) is 0 Å². The van der Waals surface area contributed by atoms with E-state index in [1.54, 1.807) is 0 Å². The van der Waals surface area contributed by atoms with Gasteiger partial charge in [0.2, 0.25) is 0 Å². The molecule has 0 heterocycles. The second-order valence-electron chi connectivity index (χ2n) is 4.73. The fourth-order valence-electron chi connectivity index (χ4n) is 2.08. The van der Waals surface area contributed by atoms with E-state index in [0.717, 1.165) is 13.1 Å². The van der Waals surface area contributed by atoms with Gasteiger partial charge in [0.25, 0.3) is 0 Å². The van der Waals surface area contributed by atoms with E-state index in [-0.39, 0.29) is 0 Å². The lowest BCUT2D eigenvalue weighted by Gasteiger charge is -2.07. The van der Waals surface area contributed by atoms with Gasteiger partial charge in [-0.1, -0.05) is 55.5 Å². The molecule has 0 spiro atoms. The normalized spacial score (nSPS) is 10.7. The Kier molecular flexibility index (Phi) is 6.17. The Hall–Kier alpha value is -0.820. The van der Waals surface area contributed by atoms with E-state index in [1.165, 1.54) is 42.4 Å². The van der Waals surface area contributed by atoms with Crippen LogP contribution in [0.3, 0.4) is 0 Å². The highest BCUT2D eigenvalue weighted by Gasteiger charge is 1.95. The minimum absolute atomic E-state index is 1.01. The van der Waals surface area contributed by atoms with E-state index in [4.69, 9.17) is 0 Å². The van der Waals surface area contributed by atoms with Gasteiger partial charge >= 0.3 is 0 Å². The molecule has 1 heteroatoms. The van der Waals surface area contributed by atoms with E-state index in [9.17, 15) is 0 Å². The largest absolute Gasteiger partial charge is 0.313 e. The van der Waals surface area contributed by atoms with Crippen molar-refractivity contribution >= 4 is 0 Å². The van der Waals surface area contributed by atoms with Gasteiger partial charge in [-0.25, -0.2) is 0 Å². The monoisotopic (exact) mass is 219 g/mol. The summed E-state index contributed by atoms with van der Waals surface area (Å²) in [5, 5.41) is 3.52. The molecule has 0 fully saturated rings. The van der Waals surface area contributed by atoms with Crippen molar-refractivity contribution in [2.75, 3.05) is 6.54 Å². The lowest BCUT2D eigenvalue weighted by Crippen LogP contribution is -2.14. The molecule has 0 aliphatic carbocycles. The summed E-state index contributed by atoms with van der Waals surface area (Å²) in [7, 11) is 0. The first kappa shape index (κ1) is 13.2. The van der Waals surface area contributed by atoms with E-state index >= 15 is 0 Å². The van der Waals surface area contributed by atoms with Crippen LogP contribution in [-0.4, -0.2) is 6.54 Å². The van der Waals surface area contributed by atoms with Crippen molar-refractivity contribution in [1.29, 1.82) is 0 Å². The number of hydrogen-bond donors (Lipinski definition) is 1. The molecule has 1 rings (SSSR count). The molecule has 1 aromatic carbocycles. The summed E-state index contributed by atoms with van der Waals surface area (Å²) in [5.41, 5.74) is 4.14.